The van der Waals surface area contributed by atoms with Gasteiger partial charge >= 0.3 is 0 Å². The molecule has 2 unspecified atom stereocenters. The van der Waals surface area contributed by atoms with Crippen LogP contribution in [0.25, 0.3) is 0 Å². The summed E-state index contributed by atoms with van der Waals surface area (Å²) in [5, 5.41) is 0. The first kappa shape index (κ1) is 8.65. The van der Waals surface area contributed by atoms with Gasteiger partial charge in [0.15, 0.2) is 0 Å². The lowest BCUT2D eigenvalue weighted by Crippen LogP contribution is -1.99. The van der Waals surface area contributed by atoms with Crippen molar-refractivity contribution in [1.29, 1.82) is 0 Å². The Hall–Kier alpha value is -0.440. The lowest BCUT2D eigenvalue weighted by atomic mass is 9.99. The summed E-state index contributed by atoms with van der Waals surface area (Å²) in [4.78, 5) is 0. The van der Waals surface area contributed by atoms with E-state index >= 15 is 0 Å². The molecule has 0 aromatic rings. The third-order valence-electron chi connectivity index (χ3n) is 2.66. The van der Waals surface area contributed by atoms with Gasteiger partial charge in [-0.05, 0) is 25.2 Å². The summed E-state index contributed by atoms with van der Waals surface area (Å²) in [5.41, 5.74) is 0.379. The van der Waals surface area contributed by atoms with Gasteiger partial charge in [-0.3, -0.25) is 0 Å². The normalized spacial score (nSPS) is 34.8. The van der Waals surface area contributed by atoms with E-state index in [1.165, 1.54) is 6.42 Å². The van der Waals surface area contributed by atoms with Crippen molar-refractivity contribution in [2.75, 3.05) is 0 Å². The van der Waals surface area contributed by atoms with E-state index in [1.807, 2.05) is 0 Å². The van der Waals surface area contributed by atoms with E-state index in [9.17, 15) is 0 Å². The Labute approximate surface area is 70.4 Å². The molecule has 0 spiro atoms. The largest absolute Gasteiger partial charge is 0.103 e. The zero-order valence-corrected chi connectivity index (χ0v) is 8.07. The molecular formula is C11H18. The van der Waals surface area contributed by atoms with E-state index in [0.29, 0.717) is 5.41 Å². The minimum Gasteiger partial charge on any atom is -0.103 e. The minimum absolute atomic E-state index is 0.379. The molecule has 0 nitrogen and oxygen atoms in total. The molecule has 0 radical (unpaired) electrons. The maximum absolute atomic E-state index is 3.36. The van der Waals surface area contributed by atoms with Crippen LogP contribution >= 0.6 is 0 Å². The Kier molecular flexibility index (Phi) is 2.28. The molecule has 0 aromatic heterocycles. The zero-order valence-electron chi connectivity index (χ0n) is 8.07. The van der Waals surface area contributed by atoms with Crippen molar-refractivity contribution >= 4 is 0 Å². The van der Waals surface area contributed by atoms with E-state index in [1.54, 1.807) is 0 Å². The molecule has 0 heterocycles. The summed E-state index contributed by atoms with van der Waals surface area (Å²) in [7, 11) is 0. The van der Waals surface area contributed by atoms with Crippen LogP contribution in [0.15, 0.2) is 0 Å². The Bertz CT molecular complexity index is 192. The van der Waals surface area contributed by atoms with E-state index in [-0.39, 0.29) is 0 Å². The average molecular weight is 150 g/mol. The van der Waals surface area contributed by atoms with Crippen molar-refractivity contribution < 1.29 is 0 Å². The van der Waals surface area contributed by atoms with Gasteiger partial charge in [0.25, 0.3) is 0 Å². The predicted molar refractivity (Wildman–Crippen MR) is 49.1 cm³/mol. The predicted octanol–water partition coefficient (Wildman–Crippen LogP) is 3.08. The summed E-state index contributed by atoms with van der Waals surface area (Å²) in [6.45, 7) is 9.00. The lowest BCUT2D eigenvalue weighted by Gasteiger charge is -2.04. The average Bonchev–Trinajstić information content (AvgIpc) is 2.60. The molecule has 2 atom stereocenters. The second kappa shape index (κ2) is 2.89. The van der Waals surface area contributed by atoms with Crippen molar-refractivity contribution in [1.82, 2.24) is 0 Å². The van der Waals surface area contributed by atoms with Crippen LogP contribution in [0.5, 0.6) is 0 Å². The molecule has 0 aliphatic heterocycles. The van der Waals surface area contributed by atoms with Crippen LogP contribution in [0.4, 0.5) is 0 Å². The summed E-state index contributed by atoms with van der Waals surface area (Å²) in [5.74, 6) is 8.22. The van der Waals surface area contributed by atoms with E-state index in [2.05, 4.69) is 39.5 Å². The maximum Gasteiger partial charge on any atom is 0.0320 e. The molecule has 0 aromatic carbocycles. The van der Waals surface area contributed by atoms with Gasteiger partial charge < -0.3 is 0 Å². The first-order valence-electron chi connectivity index (χ1n) is 4.60. The third-order valence-corrected chi connectivity index (χ3v) is 2.66. The fraction of sp³-hybridized carbons (Fsp3) is 0.818. The molecule has 1 saturated carbocycles. The lowest BCUT2D eigenvalue weighted by molar-refractivity contribution is 0.491. The molecule has 0 heteroatoms. The molecule has 11 heavy (non-hydrogen) atoms. The molecule has 1 fully saturated rings. The molecule has 0 amide bonds. The second-order valence-electron chi connectivity index (χ2n) is 4.13. The van der Waals surface area contributed by atoms with Crippen molar-refractivity contribution in [3.05, 3.63) is 0 Å². The standard InChI is InChI=1S/C11H18/c1-5-6-7-11(4)8-10(11)9(2)3/h9-10H,5,8H2,1-4H3. The summed E-state index contributed by atoms with van der Waals surface area (Å²) in [6, 6.07) is 0. The van der Waals surface area contributed by atoms with Gasteiger partial charge in [-0.1, -0.05) is 26.7 Å². The van der Waals surface area contributed by atoms with Crippen LogP contribution < -0.4 is 0 Å². The zero-order chi connectivity index (χ0) is 8.48. The van der Waals surface area contributed by atoms with Crippen molar-refractivity contribution in [2.24, 2.45) is 17.3 Å². The highest BCUT2D eigenvalue weighted by atomic mass is 14.5. The van der Waals surface area contributed by atoms with E-state index in [4.69, 9.17) is 0 Å². The first-order chi connectivity index (χ1) is 5.10. The molecule has 1 aliphatic rings. The Morgan fingerprint density at radius 1 is 1.55 bits per heavy atom. The highest BCUT2D eigenvalue weighted by molar-refractivity contribution is 5.21. The first-order valence-corrected chi connectivity index (χ1v) is 4.60. The maximum atomic E-state index is 3.36. The molecule has 0 N–H and O–H groups in total. The van der Waals surface area contributed by atoms with Crippen LogP contribution in [0.1, 0.15) is 40.5 Å². The molecule has 1 rings (SSSR count). The van der Waals surface area contributed by atoms with Gasteiger partial charge in [-0.15, -0.1) is 5.92 Å². The van der Waals surface area contributed by atoms with Crippen molar-refractivity contribution in [2.45, 2.75) is 40.5 Å². The Morgan fingerprint density at radius 2 is 2.18 bits per heavy atom. The van der Waals surface area contributed by atoms with Gasteiger partial charge in [0.1, 0.15) is 0 Å². The van der Waals surface area contributed by atoms with Gasteiger partial charge in [0.05, 0.1) is 0 Å². The van der Waals surface area contributed by atoms with Crippen molar-refractivity contribution in [3.8, 4) is 11.8 Å². The van der Waals surface area contributed by atoms with Crippen LogP contribution in [0, 0.1) is 29.1 Å². The van der Waals surface area contributed by atoms with Crippen LogP contribution in [0.3, 0.4) is 0 Å². The minimum atomic E-state index is 0.379. The summed E-state index contributed by atoms with van der Waals surface area (Å²) >= 11 is 0. The fourth-order valence-electron chi connectivity index (χ4n) is 1.80. The van der Waals surface area contributed by atoms with E-state index in [0.717, 1.165) is 18.3 Å². The van der Waals surface area contributed by atoms with Crippen molar-refractivity contribution in [3.63, 3.8) is 0 Å². The van der Waals surface area contributed by atoms with Crippen LogP contribution in [-0.4, -0.2) is 0 Å². The molecular weight excluding hydrogens is 132 g/mol. The van der Waals surface area contributed by atoms with Crippen LogP contribution in [-0.2, 0) is 0 Å². The van der Waals surface area contributed by atoms with Crippen LogP contribution in [0.2, 0.25) is 0 Å². The molecule has 0 saturated heterocycles. The highest BCUT2D eigenvalue weighted by Crippen LogP contribution is 2.55. The Morgan fingerprint density at radius 3 is 2.55 bits per heavy atom. The Balaban J connectivity index is 2.49. The highest BCUT2D eigenvalue weighted by Gasteiger charge is 2.50. The third kappa shape index (κ3) is 1.77. The molecule has 1 aliphatic carbocycles. The van der Waals surface area contributed by atoms with Gasteiger partial charge in [-0.25, -0.2) is 0 Å². The molecule has 0 bridgehead atoms. The fourth-order valence-corrected chi connectivity index (χ4v) is 1.80. The topological polar surface area (TPSA) is 0 Å². The SMILES string of the molecule is CCC#CC1(C)CC1C(C)C. The quantitative estimate of drug-likeness (QED) is 0.504. The molecule has 62 valence electrons. The second-order valence-corrected chi connectivity index (χ2v) is 4.13. The van der Waals surface area contributed by atoms with Gasteiger partial charge in [0.2, 0.25) is 0 Å². The number of hydrogen-bond acceptors (Lipinski definition) is 0. The van der Waals surface area contributed by atoms with E-state index < -0.39 is 0 Å². The van der Waals surface area contributed by atoms with Gasteiger partial charge in [-0.2, -0.15) is 0 Å². The summed E-state index contributed by atoms with van der Waals surface area (Å²) in [6.07, 6.45) is 2.32. The smallest absolute Gasteiger partial charge is 0.0320 e. The van der Waals surface area contributed by atoms with Gasteiger partial charge in [0, 0.05) is 11.8 Å². The number of hydrogen-bond donors (Lipinski definition) is 0. The number of rotatable bonds is 1. The summed E-state index contributed by atoms with van der Waals surface area (Å²) < 4.78 is 0. The monoisotopic (exact) mass is 150 g/mol.